The van der Waals surface area contributed by atoms with Gasteiger partial charge in [-0.15, -0.1) is 0 Å². The molecule has 0 saturated heterocycles. The zero-order chi connectivity index (χ0) is 14.8. The molecule has 0 bridgehead atoms. The number of fused-ring (bicyclic) bond motifs is 1. The second-order valence-corrected chi connectivity index (χ2v) is 5.54. The van der Waals surface area contributed by atoms with Crippen molar-refractivity contribution in [3.63, 3.8) is 0 Å². The number of pyridine rings is 2. The van der Waals surface area contributed by atoms with Crippen LogP contribution in [-0.4, -0.2) is 15.9 Å². The summed E-state index contributed by atoms with van der Waals surface area (Å²) in [6, 6.07) is 11.0. The highest BCUT2D eigenvalue weighted by molar-refractivity contribution is 9.10. The van der Waals surface area contributed by atoms with Gasteiger partial charge in [0.25, 0.3) is 5.91 Å². The number of amides is 1. The molecular weight excluding hydrogens is 330 g/mol. The van der Waals surface area contributed by atoms with E-state index in [9.17, 15) is 4.79 Å². The standard InChI is InChI=1S/C16H12BrN3O/c1-10-7-15(19-9-13(10)17)20-16(21)12-4-5-14-11(8-12)3-2-6-18-14/h2-9H,1H3,(H,19,20,21). The summed E-state index contributed by atoms with van der Waals surface area (Å²) in [5.74, 6) is 0.349. The number of halogens is 1. The van der Waals surface area contributed by atoms with Gasteiger partial charge in [0.15, 0.2) is 0 Å². The normalized spacial score (nSPS) is 10.6. The fraction of sp³-hybridized carbons (Fsp3) is 0.0625. The van der Waals surface area contributed by atoms with Crippen LogP contribution >= 0.6 is 15.9 Å². The van der Waals surface area contributed by atoms with Crippen LogP contribution < -0.4 is 5.32 Å². The molecule has 4 nitrogen and oxygen atoms in total. The van der Waals surface area contributed by atoms with Crippen molar-refractivity contribution in [1.82, 2.24) is 9.97 Å². The van der Waals surface area contributed by atoms with Gasteiger partial charge in [-0.3, -0.25) is 9.78 Å². The van der Waals surface area contributed by atoms with Gasteiger partial charge in [-0.2, -0.15) is 0 Å². The predicted octanol–water partition coefficient (Wildman–Crippen LogP) is 3.95. The first-order valence-corrected chi connectivity index (χ1v) is 7.21. The molecule has 1 aromatic carbocycles. The van der Waals surface area contributed by atoms with Gasteiger partial charge in [-0.1, -0.05) is 6.07 Å². The number of nitrogens with one attached hydrogen (secondary N) is 1. The number of nitrogens with zero attached hydrogens (tertiary/aromatic N) is 2. The Bertz CT molecular complexity index is 833. The summed E-state index contributed by atoms with van der Waals surface area (Å²) in [7, 11) is 0. The largest absolute Gasteiger partial charge is 0.307 e. The molecule has 0 saturated carbocycles. The number of carbonyl (C=O) groups excluding carboxylic acids is 1. The summed E-state index contributed by atoms with van der Waals surface area (Å²) in [4.78, 5) is 20.7. The average molecular weight is 342 g/mol. The lowest BCUT2D eigenvalue weighted by Gasteiger charge is -2.07. The van der Waals surface area contributed by atoms with E-state index in [-0.39, 0.29) is 5.91 Å². The van der Waals surface area contributed by atoms with E-state index in [1.54, 1.807) is 18.5 Å². The first-order valence-electron chi connectivity index (χ1n) is 6.42. The van der Waals surface area contributed by atoms with Gasteiger partial charge in [0.2, 0.25) is 0 Å². The van der Waals surface area contributed by atoms with Crippen LogP contribution in [0.15, 0.2) is 53.3 Å². The van der Waals surface area contributed by atoms with E-state index in [0.29, 0.717) is 11.4 Å². The van der Waals surface area contributed by atoms with Crippen molar-refractivity contribution in [1.29, 1.82) is 0 Å². The Hall–Kier alpha value is -2.27. The zero-order valence-electron chi connectivity index (χ0n) is 11.3. The Labute approximate surface area is 130 Å². The van der Waals surface area contributed by atoms with Gasteiger partial charge in [0.1, 0.15) is 5.82 Å². The molecule has 1 amide bonds. The van der Waals surface area contributed by atoms with Crippen molar-refractivity contribution in [3.05, 3.63) is 64.4 Å². The number of anilines is 1. The van der Waals surface area contributed by atoms with Crippen LogP contribution in [0.25, 0.3) is 10.9 Å². The summed E-state index contributed by atoms with van der Waals surface area (Å²) >= 11 is 3.39. The van der Waals surface area contributed by atoms with E-state index in [2.05, 4.69) is 31.2 Å². The highest BCUT2D eigenvalue weighted by atomic mass is 79.9. The summed E-state index contributed by atoms with van der Waals surface area (Å²) < 4.78 is 0.914. The highest BCUT2D eigenvalue weighted by Crippen LogP contribution is 2.18. The molecule has 0 spiro atoms. The SMILES string of the molecule is Cc1cc(NC(=O)c2ccc3ncccc3c2)ncc1Br. The summed E-state index contributed by atoms with van der Waals surface area (Å²) in [6.07, 6.45) is 3.41. The Morgan fingerprint density at radius 1 is 1.19 bits per heavy atom. The maximum absolute atomic E-state index is 12.3. The molecule has 21 heavy (non-hydrogen) atoms. The number of hydrogen-bond acceptors (Lipinski definition) is 3. The molecule has 0 fully saturated rings. The van der Waals surface area contributed by atoms with E-state index < -0.39 is 0 Å². The summed E-state index contributed by atoms with van der Waals surface area (Å²) in [5, 5.41) is 3.73. The molecule has 2 heterocycles. The number of rotatable bonds is 2. The van der Waals surface area contributed by atoms with Crippen LogP contribution in [0.3, 0.4) is 0 Å². The lowest BCUT2D eigenvalue weighted by Crippen LogP contribution is -2.13. The molecule has 104 valence electrons. The van der Waals surface area contributed by atoms with E-state index in [4.69, 9.17) is 0 Å². The van der Waals surface area contributed by atoms with Gasteiger partial charge >= 0.3 is 0 Å². The molecule has 5 heteroatoms. The Balaban J connectivity index is 1.87. The minimum Gasteiger partial charge on any atom is -0.307 e. The fourth-order valence-electron chi connectivity index (χ4n) is 2.01. The molecular formula is C16H12BrN3O. The fourth-order valence-corrected chi connectivity index (χ4v) is 2.23. The second-order valence-electron chi connectivity index (χ2n) is 4.68. The van der Waals surface area contributed by atoms with Crippen molar-refractivity contribution in [2.75, 3.05) is 5.32 Å². The van der Waals surface area contributed by atoms with Crippen molar-refractivity contribution in [3.8, 4) is 0 Å². The third-order valence-corrected chi connectivity index (χ3v) is 3.98. The van der Waals surface area contributed by atoms with Crippen LogP contribution in [0.1, 0.15) is 15.9 Å². The van der Waals surface area contributed by atoms with Crippen molar-refractivity contribution >= 4 is 38.6 Å². The van der Waals surface area contributed by atoms with Gasteiger partial charge in [0, 0.05) is 27.8 Å². The molecule has 3 rings (SSSR count). The van der Waals surface area contributed by atoms with E-state index >= 15 is 0 Å². The first kappa shape index (κ1) is 13.7. The predicted molar refractivity (Wildman–Crippen MR) is 86.4 cm³/mol. The monoisotopic (exact) mass is 341 g/mol. The van der Waals surface area contributed by atoms with E-state index in [1.807, 2.05) is 37.3 Å². The molecule has 3 aromatic rings. The minimum absolute atomic E-state index is 0.185. The summed E-state index contributed by atoms with van der Waals surface area (Å²) in [6.45, 7) is 1.95. The molecule has 0 aliphatic carbocycles. The van der Waals surface area contributed by atoms with Crippen molar-refractivity contribution in [2.24, 2.45) is 0 Å². The number of aryl methyl sites for hydroxylation is 1. The highest BCUT2D eigenvalue weighted by Gasteiger charge is 2.08. The van der Waals surface area contributed by atoms with Gasteiger partial charge in [-0.25, -0.2) is 4.98 Å². The summed E-state index contributed by atoms with van der Waals surface area (Å²) in [5.41, 5.74) is 2.47. The Morgan fingerprint density at radius 3 is 2.86 bits per heavy atom. The minimum atomic E-state index is -0.185. The van der Waals surface area contributed by atoms with Gasteiger partial charge in [-0.05, 0) is 58.7 Å². The number of hydrogen-bond donors (Lipinski definition) is 1. The number of benzene rings is 1. The third kappa shape index (κ3) is 2.92. The van der Waals surface area contributed by atoms with Gasteiger partial charge < -0.3 is 5.32 Å². The molecule has 0 unspecified atom stereocenters. The van der Waals surface area contributed by atoms with E-state index in [0.717, 1.165) is 20.9 Å². The average Bonchev–Trinajstić information content (AvgIpc) is 2.50. The molecule has 0 radical (unpaired) electrons. The first-order chi connectivity index (χ1) is 10.1. The van der Waals surface area contributed by atoms with E-state index in [1.165, 1.54) is 0 Å². The van der Waals surface area contributed by atoms with Crippen LogP contribution in [0.2, 0.25) is 0 Å². The molecule has 1 N–H and O–H groups in total. The second kappa shape index (κ2) is 5.61. The van der Waals surface area contributed by atoms with Crippen LogP contribution in [0, 0.1) is 6.92 Å². The van der Waals surface area contributed by atoms with Crippen molar-refractivity contribution in [2.45, 2.75) is 6.92 Å². The number of carbonyl (C=O) groups is 1. The van der Waals surface area contributed by atoms with Crippen LogP contribution in [0.4, 0.5) is 5.82 Å². The quantitative estimate of drug-likeness (QED) is 0.767. The van der Waals surface area contributed by atoms with Crippen LogP contribution in [-0.2, 0) is 0 Å². The smallest absolute Gasteiger partial charge is 0.256 e. The molecule has 0 aliphatic heterocycles. The Morgan fingerprint density at radius 2 is 2.05 bits per heavy atom. The topological polar surface area (TPSA) is 54.9 Å². The molecule has 0 atom stereocenters. The lowest BCUT2D eigenvalue weighted by atomic mass is 10.1. The lowest BCUT2D eigenvalue weighted by molar-refractivity contribution is 0.102. The Kier molecular flexibility index (Phi) is 3.66. The maximum Gasteiger partial charge on any atom is 0.256 e. The number of aromatic nitrogens is 2. The molecule has 0 aliphatic rings. The van der Waals surface area contributed by atoms with Crippen LogP contribution in [0.5, 0.6) is 0 Å². The third-order valence-electron chi connectivity index (χ3n) is 3.15. The van der Waals surface area contributed by atoms with Gasteiger partial charge in [0.05, 0.1) is 5.52 Å². The zero-order valence-corrected chi connectivity index (χ0v) is 12.9. The molecule has 2 aromatic heterocycles. The maximum atomic E-state index is 12.3. The van der Waals surface area contributed by atoms with Crippen molar-refractivity contribution < 1.29 is 4.79 Å².